The number of unbranched alkanes of at least 4 members (excludes halogenated alkanes) is 31. The molecule has 0 aliphatic carbocycles. The van der Waals surface area contributed by atoms with Crippen molar-refractivity contribution < 1.29 is 89.4 Å². The van der Waals surface area contributed by atoms with E-state index in [2.05, 4.69) is 92.1 Å². The number of ether oxygens (including phenoxy) is 6. The average Bonchev–Trinajstić information content (AvgIpc) is 0.787. The predicted molar refractivity (Wildman–Crippen MR) is 378 cm³/mol. The molecule has 3 aliphatic heterocycles. The number of carbonyl (C=O) groups is 1. The van der Waals surface area contributed by atoms with Crippen molar-refractivity contribution >= 4 is 5.91 Å². The van der Waals surface area contributed by atoms with Crippen LogP contribution in [0.25, 0.3) is 0 Å². The monoisotopic (exact) mass is 1360 g/mol. The molecule has 558 valence electrons. The smallest absolute Gasteiger partial charge is 0.220 e. The zero-order chi connectivity index (χ0) is 69.6. The van der Waals surface area contributed by atoms with Gasteiger partial charge in [0, 0.05) is 6.42 Å². The summed E-state index contributed by atoms with van der Waals surface area (Å²) in [7, 11) is 0. The van der Waals surface area contributed by atoms with Crippen LogP contribution in [0.3, 0.4) is 0 Å². The highest BCUT2D eigenvalue weighted by Crippen LogP contribution is 2.33. The van der Waals surface area contributed by atoms with Gasteiger partial charge in [-0.3, -0.25) is 4.79 Å². The molecule has 19 nitrogen and oxygen atoms in total. The molecule has 0 radical (unpaired) electrons. The number of aliphatic hydroxyl groups excluding tert-OH is 11. The van der Waals surface area contributed by atoms with E-state index in [0.717, 1.165) is 89.9 Å². The van der Waals surface area contributed by atoms with Crippen LogP contribution in [0.15, 0.2) is 72.9 Å². The third kappa shape index (κ3) is 38.3. The average molecular weight is 1360 g/mol. The van der Waals surface area contributed by atoms with E-state index in [4.69, 9.17) is 28.4 Å². The first-order valence-electron chi connectivity index (χ1n) is 38.2. The molecule has 96 heavy (non-hydrogen) atoms. The summed E-state index contributed by atoms with van der Waals surface area (Å²) in [6.07, 6.45) is 46.9. The normalized spacial score (nSPS) is 27.4. The molecule has 1 amide bonds. The largest absolute Gasteiger partial charge is 0.394 e. The summed E-state index contributed by atoms with van der Waals surface area (Å²) in [5, 5.41) is 121. The standard InChI is InChI=1S/C77H137NO18/c1-3-5-7-9-11-13-15-17-19-21-23-24-25-26-27-28-29-30-31-32-33-34-35-36-37-39-41-43-45-47-49-51-53-55-65(83)78-60(61(82)54-52-50-48-46-44-42-40-38-22-20-18-16-14-12-10-8-6-4-2)59-91-75-71(89)68(86)73(63(57-80)93-75)96-77-72(90)69(87)74(64(58-81)94-77)95-76-70(88)67(85)66(84)62(56-79)92-76/h5,7,11,13,17,19,23-24,26-27,29-30,60-64,66-77,79-82,84-90H,3-4,6,8-10,12,14-16,18,20-22,25,28,31-59H2,1-2H3,(H,78,83)/b7-5-,13-11-,19-17-,24-23-,27-26-,30-29-. The number of hydrogen-bond donors (Lipinski definition) is 12. The number of allylic oxidation sites excluding steroid dienone is 12. The lowest BCUT2D eigenvalue weighted by molar-refractivity contribution is -0.379. The van der Waals surface area contributed by atoms with Crippen molar-refractivity contribution in [2.45, 2.75) is 381 Å². The second-order valence-electron chi connectivity index (χ2n) is 27.1. The van der Waals surface area contributed by atoms with Gasteiger partial charge < -0.3 is 89.9 Å². The van der Waals surface area contributed by atoms with E-state index in [0.29, 0.717) is 12.8 Å². The molecule has 3 rings (SSSR count). The fourth-order valence-corrected chi connectivity index (χ4v) is 12.7. The molecule has 3 heterocycles. The van der Waals surface area contributed by atoms with Gasteiger partial charge in [0.15, 0.2) is 18.9 Å². The van der Waals surface area contributed by atoms with Crippen LogP contribution in [-0.2, 0) is 33.2 Å². The van der Waals surface area contributed by atoms with Crippen molar-refractivity contribution in [3.63, 3.8) is 0 Å². The first kappa shape index (κ1) is 87.4. The van der Waals surface area contributed by atoms with Gasteiger partial charge in [0.2, 0.25) is 5.91 Å². The highest BCUT2D eigenvalue weighted by Gasteiger charge is 2.53. The van der Waals surface area contributed by atoms with Crippen LogP contribution in [-0.4, -0.2) is 193 Å². The van der Waals surface area contributed by atoms with E-state index in [9.17, 15) is 61.0 Å². The van der Waals surface area contributed by atoms with Crippen LogP contribution >= 0.6 is 0 Å². The van der Waals surface area contributed by atoms with Gasteiger partial charge in [-0.1, -0.05) is 279 Å². The molecule has 0 spiro atoms. The number of carbonyl (C=O) groups excluding carboxylic acids is 1. The number of amides is 1. The Kier molecular flexibility index (Phi) is 52.7. The van der Waals surface area contributed by atoms with Crippen molar-refractivity contribution in [3.05, 3.63) is 72.9 Å². The van der Waals surface area contributed by atoms with Crippen LogP contribution in [0.2, 0.25) is 0 Å². The van der Waals surface area contributed by atoms with Crippen LogP contribution < -0.4 is 5.32 Å². The summed E-state index contributed by atoms with van der Waals surface area (Å²) in [5.41, 5.74) is 0. The van der Waals surface area contributed by atoms with Gasteiger partial charge in [-0.25, -0.2) is 0 Å². The highest BCUT2D eigenvalue weighted by molar-refractivity contribution is 5.76. The zero-order valence-corrected chi connectivity index (χ0v) is 59.3. The van der Waals surface area contributed by atoms with Gasteiger partial charge in [-0.05, 0) is 64.2 Å². The lowest BCUT2D eigenvalue weighted by Crippen LogP contribution is -2.66. The lowest BCUT2D eigenvalue weighted by Gasteiger charge is -2.48. The summed E-state index contributed by atoms with van der Waals surface area (Å²) < 4.78 is 34.5. The maximum Gasteiger partial charge on any atom is 0.220 e. The van der Waals surface area contributed by atoms with E-state index in [-0.39, 0.29) is 18.9 Å². The Morgan fingerprint density at radius 1 is 0.385 bits per heavy atom. The molecule has 0 bridgehead atoms. The molecule has 17 atom stereocenters. The molecule has 17 unspecified atom stereocenters. The molecule has 3 fully saturated rings. The van der Waals surface area contributed by atoms with Gasteiger partial charge in [0.25, 0.3) is 0 Å². The van der Waals surface area contributed by atoms with E-state index < -0.39 is 124 Å². The number of hydrogen-bond acceptors (Lipinski definition) is 18. The summed E-state index contributed by atoms with van der Waals surface area (Å²) in [6.45, 7) is 1.71. The summed E-state index contributed by atoms with van der Waals surface area (Å²) in [5.74, 6) is -0.243. The zero-order valence-electron chi connectivity index (χ0n) is 59.3. The topological polar surface area (TPSA) is 307 Å². The second-order valence-corrected chi connectivity index (χ2v) is 27.1. The van der Waals surface area contributed by atoms with E-state index in [1.54, 1.807) is 0 Å². The lowest BCUT2D eigenvalue weighted by atomic mass is 9.96. The van der Waals surface area contributed by atoms with Crippen LogP contribution in [0, 0.1) is 0 Å². The van der Waals surface area contributed by atoms with Crippen molar-refractivity contribution in [1.29, 1.82) is 0 Å². The van der Waals surface area contributed by atoms with Crippen LogP contribution in [0.5, 0.6) is 0 Å². The Bertz CT molecular complexity index is 2020. The number of rotatable bonds is 59. The van der Waals surface area contributed by atoms with Crippen molar-refractivity contribution in [2.24, 2.45) is 0 Å². The molecule has 0 aromatic rings. The Balaban J connectivity index is 1.36. The minimum absolute atomic E-state index is 0.243. The molecule has 3 saturated heterocycles. The SMILES string of the molecule is CC/C=C\C/C=C\C/C=C\C/C=C\C/C=C\C/C=C\CCCCCCCCCCCCCCCCC(=O)NC(COC1OC(CO)C(OC2OC(CO)C(OC3OC(CO)C(O)C(O)C3O)C(O)C2O)C(O)C1O)C(O)CCCCCCCCCCCCCCCCCCCC. The minimum Gasteiger partial charge on any atom is -0.394 e. The minimum atomic E-state index is -1.97. The quantitative estimate of drug-likeness (QED) is 0.0199. The third-order valence-corrected chi connectivity index (χ3v) is 18.8. The number of nitrogens with one attached hydrogen (secondary N) is 1. The molecule has 12 N–H and O–H groups in total. The number of aliphatic hydroxyl groups is 11. The van der Waals surface area contributed by atoms with Crippen molar-refractivity contribution in [1.82, 2.24) is 5.32 Å². The van der Waals surface area contributed by atoms with Gasteiger partial charge in [-0.2, -0.15) is 0 Å². The maximum atomic E-state index is 13.5. The van der Waals surface area contributed by atoms with Gasteiger partial charge in [0.05, 0.1) is 38.6 Å². The highest BCUT2D eigenvalue weighted by atomic mass is 16.8. The third-order valence-electron chi connectivity index (χ3n) is 18.8. The fourth-order valence-electron chi connectivity index (χ4n) is 12.7. The van der Waals surface area contributed by atoms with E-state index in [1.807, 2.05) is 0 Å². The Morgan fingerprint density at radius 3 is 1.12 bits per heavy atom. The van der Waals surface area contributed by atoms with Gasteiger partial charge >= 0.3 is 0 Å². The van der Waals surface area contributed by atoms with Crippen LogP contribution in [0.1, 0.15) is 277 Å². The van der Waals surface area contributed by atoms with E-state index in [1.165, 1.54) is 154 Å². The first-order chi connectivity index (χ1) is 46.8. The van der Waals surface area contributed by atoms with Gasteiger partial charge in [-0.15, -0.1) is 0 Å². The molecule has 19 heteroatoms. The van der Waals surface area contributed by atoms with E-state index >= 15 is 0 Å². The molecule has 0 aromatic heterocycles. The van der Waals surface area contributed by atoms with Crippen molar-refractivity contribution in [2.75, 3.05) is 26.4 Å². The Morgan fingerprint density at radius 2 is 0.719 bits per heavy atom. The second kappa shape index (κ2) is 57.8. The van der Waals surface area contributed by atoms with Crippen molar-refractivity contribution in [3.8, 4) is 0 Å². The van der Waals surface area contributed by atoms with Crippen LogP contribution in [0.4, 0.5) is 0 Å². The van der Waals surface area contributed by atoms with Gasteiger partial charge in [0.1, 0.15) is 73.2 Å². The predicted octanol–water partition coefficient (Wildman–Crippen LogP) is 11.7. The summed E-state index contributed by atoms with van der Waals surface area (Å²) >= 11 is 0. The summed E-state index contributed by atoms with van der Waals surface area (Å²) in [6, 6.07) is -0.891. The maximum absolute atomic E-state index is 13.5. The molecule has 0 aromatic carbocycles. The molecule has 0 saturated carbocycles. The summed E-state index contributed by atoms with van der Waals surface area (Å²) in [4.78, 5) is 13.5. The molecule has 3 aliphatic rings. The Labute approximate surface area is 578 Å². The fraction of sp³-hybridized carbons (Fsp3) is 0.831. The molecular formula is C77H137NO18. The first-order valence-corrected chi connectivity index (χ1v) is 38.2. The Hall–Kier alpha value is -2.77. The molecular weight excluding hydrogens is 1230 g/mol.